The molecular formula is C22H20FN3O5S2. The SMILES string of the molecule is Cc1c(C(=O)OCC(=O)Nc2cccc(S(=O)(=O)NC3=NCCC3)c2)sc2cccc(F)c12. The fourth-order valence-electron chi connectivity index (χ4n) is 3.42. The Bertz CT molecular complexity index is 1380. The second-order valence-corrected chi connectivity index (χ2v) is 10.1. The van der Waals surface area contributed by atoms with Crippen LogP contribution in [0.15, 0.2) is 52.4 Å². The number of carbonyl (C=O) groups is 2. The minimum Gasteiger partial charge on any atom is -0.451 e. The number of amidine groups is 1. The van der Waals surface area contributed by atoms with Gasteiger partial charge in [-0.05, 0) is 49.2 Å². The van der Waals surface area contributed by atoms with Crippen LogP contribution in [0.1, 0.15) is 28.1 Å². The van der Waals surface area contributed by atoms with Crippen molar-refractivity contribution >= 4 is 54.8 Å². The van der Waals surface area contributed by atoms with Crippen molar-refractivity contribution in [3.05, 3.63) is 58.7 Å². The van der Waals surface area contributed by atoms with E-state index in [1.165, 1.54) is 30.3 Å². The van der Waals surface area contributed by atoms with Crippen LogP contribution in [0.4, 0.5) is 10.1 Å². The maximum atomic E-state index is 14.0. The van der Waals surface area contributed by atoms with Crippen LogP contribution in [0.2, 0.25) is 0 Å². The van der Waals surface area contributed by atoms with Gasteiger partial charge in [0.05, 0.1) is 4.90 Å². The molecule has 4 rings (SSSR count). The number of ether oxygens (including phenoxy) is 1. The summed E-state index contributed by atoms with van der Waals surface area (Å²) in [4.78, 5) is 29.0. The molecule has 2 N–H and O–H groups in total. The highest BCUT2D eigenvalue weighted by atomic mass is 32.2. The molecule has 11 heteroatoms. The third-order valence-corrected chi connectivity index (χ3v) is 7.59. The van der Waals surface area contributed by atoms with Crippen molar-refractivity contribution in [3.63, 3.8) is 0 Å². The van der Waals surface area contributed by atoms with Gasteiger partial charge in [0.15, 0.2) is 6.61 Å². The van der Waals surface area contributed by atoms with Crippen molar-refractivity contribution in [1.29, 1.82) is 0 Å². The molecule has 172 valence electrons. The lowest BCUT2D eigenvalue weighted by molar-refractivity contribution is -0.119. The third kappa shape index (κ3) is 5.04. The monoisotopic (exact) mass is 489 g/mol. The van der Waals surface area contributed by atoms with Gasteiger partial charge >= 0.3 is 5.97 Å². The van der Waals surface area contributed by atoms with Crippen LogP contribution in [-0.4, -0.2) is 39.3 Å². The van der Waals surface area contributed by atoms with Crippen LogP contribution < -0.4 is 10.0 Å². The van der Waals surface area contributed by atoms with Crippen molar-refractivity contribution < 1.29 is 27.1 Å². The molecule has 1 amide bonds. The first kappa shape index (κ1) is 22.9. The first-order chi connectivity index (χ1) is 15.7. The Hall–Kier alpha value is -3.31. The fraction of sp³-hybridized carbons (Fsp3) is 0.227. The Balaban J connectivity index is 1.39. The summed E-state index contributed by atoms with van der Waals surface area (Å²) < 4.78 is 47.2. The zero-order valence-corrected chi connectivity index (χ0v) is 19.2. The molecule has 1 aliphatic heterocycles. The zero-order chi connectivity index (χ0) is 23.6. The van der Waals surface area contributed by atoms with E-state index in [4.69, 9.17) is 4.74 Å². The van der Waals surface area contributed by atoms with E-state index >= 15 is 0 Å². The van der Waals surface area contributed by atoms with Crippen molar-refractivity contribution in [2.45, 2.75) is 24.7 Å². The molecule has 2 aromatic carbocycles. The molecule has 2 heterocycles. The van der Waals surface area contributed by atoms with E-state index in [0.717, 1.165) is 17.8 Å². The molecule has 1 aromatic heterocycles. The summed E-state index contributed by atoms with van der Waals surface area (Å²) in [5.74, 6) is -1.40. The van der Waals surface area contributed by atoms with E-state index in [9.17, 15) is 22.4 Å². The number of rotatable bonds is 6. The molecule has 0 spiro atoms. The molecule has 0 atom stereocenters. The van der Waals surface area contributed by atoms with Crippen LogP contribution in [0.5, 0.6) is 0 Å². The van der Waals surface area contributed by atoms with E-state index in [2.05, 4.69) is 15.0 Å². The molecule has 0 saturated heterocycles. The molecule has 0 unspecified atom stereocenters. The largest absolute Gasteiger partial charge is 0.451 e. The second-order valence-electron chi connectivity index (χ2n) is 7.36. The number of hydrogen-bond acceptors (Lipinski definition) is 7. The number of amides is 1. The third-order valence-electron chi connectivity index (χ3n) is 4.98. The molecule has 0 aliphatic carbocycles. The summed E-state index contributed by atoms with van der Waals surface area (Å²) in [6.45, 7) is 1.62. The smallest absolute Gasteiger partial charge is 0.349 e. The van der Waals surface area contributed by atoms with Crippen LogP contribution in [0.3, 0.4) is 0 Å². The number of nitrogens with one attached hydrogen (secondary N) is 2. The molecular weight excluding hydrogens is 469 g/mol. The molecule has 0 radical (unpaired) electrons. The minimum absolute atomic E-state index is 0.0326. The average Bonchev–Trinajstić information content (AvgIpc) is 3.40. The van der Waals surface area contributed by atoms with E-state index in [0.29, 0.717) is 34.5 Å². The number of nitrogens with zero attached hydrogens (tertiary/aromatic N) is 1. The van der Waals surface area contributed by atoms with Gasteiger partial charge in [0.1, 0.15) is 16.5 Å². The maximum Gasteiger partial charge on any atom is 0.349 e. The summed E-state index contributed by atoms with van der Waals surface area (Å²) in [5.41, 5.74) is 0.684. The van der Waals surface area contributed by atoms with E-state index in [1.807, 2.05) is 0 Å². The van der Waals surface area contributed by atoms with Crippen LogP contribution in [-0.2, 0) is 19.6 Å². The quantitative estimate of drug-likeness (QED) is 0.514. The van der Waals surface area contributed by atoms with Gasteiger partial charge in [-0.1, -0.05) is 12.1 Å². The molecule has 33 heavy (non-hydrogen) atoms. The second kappa shape index (κ2) is 9.28. The van der Waals surface area contributed by atoms with Gasteiger partial charge in [0.2, 0.25) is 0 Å². The van der Waals surface area contributed by atoms with Crippen LogP contribution in [0, 0.1) is 12.7 Å². The number of anilines is 1. The number of aryl methyl sites for hydroxylation is 1. The number of benzene rings is 2. The average molecular weight is 490 g/mol. The highest BCUT2D eigenvalue weighted by molar-refractivity contribution is 7.90. The molecule has 0 fully saturated rings. The predicted octanol–water partition coefficient (Wildman–Crippen LogP) is 3.61. The first-order valence-electron chi connectivity index (χ1n) is 10.1. The Morgan fingerprint density at radius 2 is 2.00 bits per heavy atom. The predicted molar refractivity (Wildman–Crippen MR) is 124 cm³/mol. The van der Waals surface area contributed by atoms with E-state index in [1.54, 1.807) is 19.1 Å². The number of carbonyl (C=O) groups excluding carboxylic acids is 2. The summed E-state index contributed by atoms with van der Waals surface area (Å²) in [6, 6.07) is 10.3. The van der Waals surface area contributed by atoms with Crippen molar-refractivity contribution in [3.8, 4) is 0 Å². The first-order valence-corrected chi connectivity index (χ1v) is 12.4. The highest BCUT2D eigenvalue weighted by Crippen LogP contribution is 2.33. The zero-order valence-electron chi connectivity index (χ0n) is 17.6. The maximum absolute atomic E-state index is 14.0. The Kier molecular flexibility index (Phi) is 6.43. The number of halogens is 1. The van der Waals surface area contributed by atoms with Gasteiger partial charge in [-0.25, -0.2) is 17.6 Å². The minimum atomic E-state index is -3.83. The summed E-state index contributed by atoms with van der Waals surface area (Å²) in [7, 11) is -3.83. The number of fused-ring (bicyclic) bond motifs is 1. The number of esters is 1. The van der Waals surface area contributed by atoms with Crippen LogP contribution >= 0.6 is 11.3 Å². The summed E-state index contributed by atoms with van der Waals surface area (Å²) in [5, 5.41) is 2.87. The van der Waals surface area contributed by atoms with E-state index < -0.39 is 34.3 Å². The summed E-state index contributed by atoms with van der Waals surface area (Å²) in [6.07, 6.45) is 1.36. The Morgan fingerprint density at radius 3 is 2.73 bits per heavy atom. The lowest BCUT2D eigenvalue weighted by atomic mass is 10.1. The fourth-order valence-corrected chi connectivity index (χ4v) is 5.67. The van der Waals surface area contributed by atoms with Gasteiger partial charge in [-0.15, -0.1) is 11.3 Å². The normalized spacial score (nSPS) is 13.6. The van der Waals surface area contributed by atoms with E-state index in [-0.39, 0.29) is 15.5 Å². The highest BCUT2D eigenvalue weighted by Gasteiger charge is 2.21. The number of sulfonamides is 1. The van der Waals surface area contributed by atoms with Gasteiger partial charge < -0.3 is 10.1 Å². The Morgan fingerprint density at radius 1 is 1.21 bits per heavy atom. The molecule has 0 saturated carbocycles. The standard InChI is InChI=1S/C22H20FN3O5S2/c1-13-20-16(23)7-3-8-17(20)32-21(13)22(28)31-12-19(27)25-14-5-2-6-15(11-14)33(29,30)26-18-9-4-10-24-18/h2-3,5-8,11H,4,9-10,12H2,1H3,(H,24,26)(H,25,27). The number of thiophene rings is 1. The van der Waals surface area contributed by atoms with Gasteiger partial charge in [-0.3, -0.25) is 14.5 Å². The summed E-state index contributed by atoms with van der Waals surface area (Å²) >= 11 is 1.09. The van der Waals surface area contributed by atoms with Gasteiger partial charge in [0.25, 0.3) is 15.9 Å². The Labute approximate surface area is 193 Å². The van der Waals surface area contributed by atoms with Crippen LogP contribution in [0.25, 0.3) is 10.1 Å². The topological polar surface area (TPSA) is 114 Å². The molecule has 8 nitrogen and oxygen atoms in total. The number of aliphatic imine (C=N–C) groups is 1. The molecule has 3 aromatic rings. The number of hydrogen-bond donors (Lipinski definition) is 2. The lowest BCUT2D eigenvalue weighted by Crippen LogP contribution is -2.29. The van der Waals surface area contributed by atoms with Crippen molar-refractivity contribution in [2.24, 2.45) is 4.99 Å². The van der Waals surface area contributed by atoms with Crippen molar-refractivity contribution in [2.75, 3.05) is 18.5 Å². The lowest BCUT2D eigenvalue weighted by Gasteiger charge is -2.10. The molecule has 0 bridgehead atoms. The van der Waals surface area contributed by atoms with Gasteiger partial charge in [-0.2, -0.15) is 0 Å². The van der Waals surface area contributed by atoms with Gasteiger partial charge in [0, 0.05) is 28.7 Å². The van der Waals surface area contributed by atoms with Crippen molar-refractivity contribution in [1.82, 2.24) is 4.72 Å². The molecule has 1 aliphatic rings.